The SMILES string of the molecule is CNC(C)C(=S)N[C@H]1CCS[C@H]2CC(C)(C)[C@@H](C(=O)NC(C(=O)NCc3ccc(CNC(=O)C(NC(=O)[C@H]4N5C(=O)[C@@H](NC(=S)C(C)NC)CCS[C@H]5CC4(C)C)c4ccccc4)cc3)c3ccccc3)N2C1=O. The third-order valence-electron chi connectivity index (χ3n) is 14.7. The summed E-state index contributed by atoms with van der Waals surface area (Å²) in [6.45, 7) is 12.1. The van der Waals surface area contributed by atoms with E-state index < -0.39 is 70.7 Å². The molecule has 8 N–H and O–H groups in total. The molecule has 3 aromatic rings. The fourth-order valence-electron chi connectivity index (χ4n) is 10.3. The van der Waals surface area contributed by atoms with Crippen molar-refractivity contribution in [2.75, 3.05) is 25.6 Å². The summed E-state index contributed by atoms with van der Waals surface area (Å²) < 4.78 is 0. The van der Waals surface area contributed by atoms with Crippen LogP contribution >= 0.6 is 48.0 Å². The van der Waals surface area contributed by atoms with Crippen LogP contribution in [0.4, 0.5) is 0 Å². The molecule has 6 amide bonds. The van der Waals surface area contributed by atoms with Gasteiger partial charge in [-0.05, 0) is 98.2 Å². The first kappa shape index (κ1) is 56.6. The summed E-state index contributed by atoms with van der Waals surface area (Å²) in [6.07, 6.45) is 2.37. The zero-order chi connectivity index (χ0) is 53.5. The van der Waals surface area contributed by atoms with Gasteiger partial charge in [-0.15, -0.1) is 23.5 Å². The maximum atomic E-state index is 14.5. The van der Waals surface area contributed by atoms with Gasteiger partial charge in [0.05, 0.1) is 32.8 Å². The Hall–Kier alpha value is -5.12. The fraction of sp³-hybridized carbons (Fsp3) is 0.519. The predicted molar refractivity (Wildman–Crippen MR) is 301 cm³/mol. The van der Waals surface area contributed by atoms with Crippen molar-refractivity contribution in [1.29, 1.82) is 0 Å². The summed E-state index contributed by atoms with van der Waals surface area (Å²) in [5, 5.41) is 24.4. The number of nitrogens with zero attached hydrogens (tertiary/aromatic N) is 2. The lowest BCUT2D eigenvalue weighted by Gasteiger charge is -2.35. The van der Waals surface area contributed by atoms with Gasteiger partial charge in [0.2, 0.25) is 35.4 Å². The van der Waals surface area contributed by atoms with Crippen LogP contribution in [0, 0.1) is 10.8 Å². The Labute approximate surface area is 455 Å². The second-order valence-electron chi connectivity index (χ2n) is 21.0. The molecular formula is C54H72N10O6S4. The van der Waals surface area contributed by atoms with Crippen LogP contribution in [0.1, 0.15) is 102 Å². The normalized spacial score (nSPS) is 24.6. The number of amides is 6. The zero-order valence-corrected chi connectivity index (χ0v) is 46.8. The van der Waals surface area contributed by atoms with Crippen LogP contribution in [-0.4, -0.2) is 128 Å². The predicted octanol–water partition coefficient (Wildman–Crippen LogP) is 4.60. The Kier molecular flexibility index (Phi) is 18.9. The summed E-state index contributed by atoms with van der Waals surface area (Å²) in [7, 11) is 3.61. The highest BCUT2D eigenvalue weighted by Crippen LogP contribution is 2.48. The van der Waals surface area contributed by atoms with E-state index >= 15 is 0 Å². The van der Waals surface area contributed by atoms with Crippen molar-refractivity contribution in [1.82, 2.24) is 52.3 Å². The first-order valence-electron chi connectivity index (χ1n) is 25.4. The van der Waals surface area contributed by atoms with Crippen molar-refractivity contribution >= 4 is 93.4 Å². The molecule has 74 heavy (non-hydrogen) atoms. The van der Waals surface area contributed by atoms with E-state index in [1.165, 1.54) is 0 Å². The fourth-order valence-corrected chi connectivity index (χ4v) is 13.9. The van der Waals surface area contributed by atoms with Crippen LogP contribution in [0.25, 0.3) is 0 Å². The molecule has 0 bridgehead atoms. The van der Waals surface area contributed by atoms with Gasteiger partial charge in [-0.25, -0.2) is 0 Å². The Balaban J connectivity index is 0.994. The number of nitrogens with one attached hydrogen (secondary N) is 8. The largest absolute Gasteiger partial charge is 0.367 e. The van der Waals surface area contributed by atoms with Crippen LogP contribution in [0.15, 0.2) is 84.9 Å². The van der Waals surface area contributed by atoms with Gasteiger partial charge in [0.15, 0.2) is 0 Å². The molecule has 4 aliphatic rings. The maximum Gasteiger partial charge on any atom is 0.247 e. The van der Waals surface area contributed by atoms with Crippen LogP contribution in [-0.2, 0) is 41.9 Å². The molecule has 4 unspecified atom stereocenters. The molecule has 0 radical (unpaired) electrons. The number of hydrogen-bond donors (Lipinski definition) is 8. The van der Waals surface area contributed by atoms with Crippen molar-refractivity contribution in [3.8, 4) is 0 Å². The lowest BCUT2D eigenvalue weighted by molar-refractivity contribution is -0.143. The molecule has 0 aliphatic carbocycles. The van der Waals surface area contributed by atoms with Crippen molar-refractivity contribution in [3.05, 3.63) is 107 Å². The number of rotatable bonds is 18. The van der Waals surface area contributed by atoms with Crippen LogP contribution in [0.2, 0.25) is 0 Å². The molecule has 4 fully saturated rings. The van der Waals surface area contributed by atoms with Gasteiger partial charge in [0.25, 0.3) is 0 Å². The number of thioether (sulfide) groups is 2. The second kappa shape index (κ2) is 24.7. The van der Waals surface area contributed by atoms with E-state index in [1.54, 1.807) is 71.7 Å². The van der Waals surface area contributed by atoms with Gasteiger partial charge in [-0.2, -0.15) is 0 Å². The topological polar surface area (TPSA) is 205 Å². The van der Waals surface area contributed by atoms with E-state index in [9.17, 15) is 28.8 Å². The van der Waals surface area contributed by atoms with E-state index in [-0.39, 0.29) is 47.7 Å². The van der Waals surface area contributed by atoms with E-state index in [0.29, 0.717) is 46.8 Å². The Morgan fingerprint density at radius 2 is 0.946 bits per heavy atom. The highest BCUT2D eigenvalue weighted by atomic mass is 32.2. The number of likely N-dealkylation sites (N-methyl/N-ethyl adjacent to an activating group) is 2. The Morgan fingerprint density at radius 3 is 1.28 bits per heavy atom. The number of benzene rings is 3. The van der Waals surface area contributed by atoms with E-state index in [4.69, 9.17) is 24.4 Å². The van der Waals surface area contributed by atoms with Gasteiger partial charge in [-0.1, -0.05) is 137 Å². The molecule has 7 rings (SSSR count). The third kappa shape index (κ3) is 13.1. The summed E-state index contributed by atoms with van der Waals surface area (Å²) in [5.41, 5.74) is 1.59. The van der Waals surface area contributed by atoms with Crippen LogP contribution in [0.5, 0.6) is 0 Å². The molecule has 16 nitrogen and oxygen atoms in total. The number of thiocarbonyl (C=S) groups is 2. The molecule has 0 spiro atoms. The number of carbonyl (C=O) groups excluding carboxylic acids is 6. The average Bonchev–Trinajstić information content (AvgIpc) is 3.71. The van der Waals surface area contributed by atoms with E-state index in [0.717, 1.165) is 22.6 Å². The molecule has 0 aromatic heterocycles. The second-order valence-corrected chi connectivity index (χ2v) is 24.5. The quantitative estimate of drug-likeness (QED) is 0.0821. The molecule has 4 heterocycles. The summed E-state index contributed by atoms with van der Waals surface area (Å²) in [6, 6.07) is 20.3. The highest BCUT2D eigenvalue weighted by molar-refractivity contribution is 8.00. The minimum Gasteiger partial charge on any atom is -0.367 e. The summed E-state index contributed by atoms with van der Waals surface area (Å²) >= 11 is 14.5. The monoisotopic (exact) mass is 1080 g/mol. The lowest BCUT2D eigenvalue weighted by atomic mass is 9.83. The highest BCUT2D eigenvalue weighted by Gasteiger charge is 2.56. The molecule has 3 aromatic carbocycles. The molecule has 0 saturated carbocycles. The Bertz CT molecular complexity index is 2370. The van der Waals surface area contributed by atoms with Crippen LogP contribution < -0.4 is 42.5 Å². The third-order valence-corrected chi connectivity index (χ3v) is 18.1. The molecule has 20 heteroatoms. The zero-order valence-electron chi connectivity index (χ0n) is 43.5. The summed E-state index contributed by atoms with van der Waals surface area (Å²) in [5.74, 6) is -0.569. The molecule has 4 saturated heterocycles. The minimum atomic E-state index is -1.05. The van der Waals surface area contributed by atoms with Gasteiger partial charge >= 0.3 is 0 Å². The standard InChI is InChI=1S/C54H72N10O6S4/c1-31(55-7)49(71)59-37-23-25-73-39-27-53(3,4)43(63(39)51(37)69)47(67)61-41(35-15-11-9-12-16-35)45(65)57-29-33-19-21-34(22-20-33)30-58-46(66)42(36-17-13-10-14-18-36)62-48(68)44-54(5,6)28-40-64(44)52(70)38(24-26-74-40)60-50(72)32(2)56-8/h9-22,31-32,37-44,55-56H,23-30H2,1-8H3,(H,57,65)(H,58,66)(H,59,71)(H,60,72)(H,61,67)(H,62,68)/t31?,32?,37-,38-,39-,40-,41?,42?,43+,44+/m0/s1. The molecule has 10 atom stereocenters. The van der Waals surface area contributed by atoms with Gasteiger partial charge in [0, 0.05) is 13.1 Å². The number of fused-ring (bicyclic) bond motifs is 2. The van der Waals surface area contributed by atoms with Crippen molar-refractivity contribution in [2.45, 2.75) is 139 Å². The first-order valence-corrected chi connectivity index (χ1v) is 28.3. The smallest absolute Gasteiger partial charge is 0.247 e. The average molecular weight is 1090 g/mol. The number of hydrogen-bond acceptors (Lipinski definition) is 12. The molecular weight excluding hydrogens is 1010 g/mol. The lowest BCUT2D eigenvalue weighted by Crippen LogP contribution is -2.58. The Morgan fingerprint density at radius 1 is 0.595 bits per heavy atom. The van der Waals surface area contributed by atoms with Gasteiger partial charge in [-0.3, -0.25) is 28.8 Å². The maximum absolute atomic E-state index is 14.5. The first-order chi connectivity index (χ1) is 35.2. The van der Waals surface area contributed by atoms with Crippen LogP contribution in [0.3, 0.4) is 0 Å². The van der Waals surface area contributed by atoms with E-state index in [1.807, 2.05) is 102 Å². The van der Waals surface area contributed by atoms with Gasteiger partial charge < -0.3 is 52.3 Å². The summed E-state index contributed by atoms with van der Waals surface area (Å²) in [4.78, 5) is 90.4. The van der Waals surface area contributed by atoms with Crippen molar-refractivity contribution < 1.29 is 28.8 Å². The van der Waals surface area contributed by atoms with Gasteiger partial charge in [0.1, 0.15) is 36.3 Å². The van der Waals surface area contributed by atoms with Crippen molar-refractivity contribution in [2.24, 2.45) is 10.8 Å². The number of carbonyl (C=O) groups is 6. The minimum absolute atomic E-state index is 0.134. The van der Waals surface area contributed by atoms with E-state index in [2.05, 4.69) is 42.5 Å². The molecule has 398 valence electrons. The van der Waals surface area contributed by atoms with Crippen molar-refractivity contribution in [3.63, 3.8) is 0 Å². The molecule has 4 aliphatic heterocycles.